The minimum atomic E-state index is -0.140. The second-order valence-electron chi connectivity index (χ2n) is 6.08. The number of hydrogen-bond donors (Lipinski definition) is 1. The van der Waals surface area contributed by atoms with Crippen LogP contribution in [0.3, 0.4) is 0 Å². The molecule has 3 aliphatic rings. The number of fused-ring (bicyclic) bond motifs is 4. The van der Waals surface area contributed by atoms with E-state index in [-0.39, 0.29) is 11.9 Å². The predicted molar refractivity (Wildman–Crippen MR) is 82.4 cm³/mol. The zero-order valence-electron chi connectivity index (χ0n) is 12.2. The molecular formula is C17H17N3O2. The number of hydrogen-bond acceptors (Lipinski definition) is 4. The van der Waals surface area contributed by atoms with E-state index in [0.29, 0.717) is 23.0 Å². The van der Waals surface area contributed by atoms with Crippen LogP contribution >= 0.6 is 0 Å². The zero-order chi connectivity index (χ0) is 15.1. The maximum absolute atomic E-state index is 12.4. The standard InChI is InChI=1S/C17H17N3O2/c1-2-13-7-12-9-18-14(8-16(12)22-13)17(21)19-15-10-20-5-3-11(15)4-6-20/h1,7-9,11,15H,3-6,10H2,(H,19,21)/t15-/m0/s1. The van der Waals surface area contributed by atoms with Crippen LogP contribution in [0.25, 0.3) is 11.0 Å². The molecule has 1 N–H and O–H groups in total. The number of carbonyl (C=O) groups excluding carboxylic acids is 1. The Kier molecular flexibility index (Phi) is 3.12. The van der Waals surface area contributed by atoms with Crippen molar-refractivity contribution in [1.82, 2.24) is 15.2 Å². The molecule has 0 aromatic carbocycles. The summed E-state index contributed by atoms with van der Waals surface area (Å²) in [6.07, 6.45) is 9.29. The molecule has 1 amide bonds. The number of nitrogens with zero attached hydrogens (tertiary/aromatic N) is 2. The second-order valence-corrected chi connectivity index (χ2v) is 6.08. The zero-order valence-corrected chi connectivity index (χ0v) is 12.2. The van der Waals surface area contributed by atoms with E-state index < -0.39 is 0 Å². The van der Waals surface area contributed by atoms with Gasteiger partial charge >= 0.3 is 0 Å². The van der Waals surface area contributed by atoms with Gasteiger partial charge in [-0.25, -0.2) is 0 Å². The molecule has 0 aliphatic carbocycles. The van der Waals surface area contributed by atoms with Gasteiger partial charge in [0.2, 0.25) is 0 Å². The lowest BCUT2D eigenvalue weighted by Crippen LogP contribution is -2.57. The van der Waals surface area contributed by atoms with E-state index in [4.69, 9.17) is 10.8 Å². The van der Waals surface area contributed by atoms with E-state index in [1.54, 1.807) is 18.3 Å². The van der Waals surface area contributed by atoms with Gasteiger partial charge in [0.25, 0.3) is 5.91 Å². The Bertz CT molecular complexity index is 766. The molecule has 5 heterocycles. The Labute approximate surface area is 128 Å². The molecule has 0 unspecified atom stereocenters. The van der Waals surface area contributed by atoms with Crippen LogP contribution in [0.4, 0.5) is 0 Å². The number of piperidine rings is 3. The summed E-state index contributed by atoms with van der Waals surface area (Å²) in [7, 11) is 0. The second kappa shape index (κ2) is 5.15. The van der Waals surface area contributed by atoms with Crippen LogP contribution in [0.15, 0.2) is 22.7 Å². The maximum atomic E-state index is 12.4. The molecule has 0 saturated carbocycles. The number of pyridine rings is 1. The summed E-state index contributed by atoms with van der Waals surface area (Å²) in [5.41, 5.74) is 0.976. The van der Waals surface area contributed by atoms with Crippen molar-refractivity contribution in [3.63, 3.8) is 0 Å². The van der Waals surface area contributed by atoms with Crippen LogP contribution in [0.1, 0.15) is 29.1 Å². The predicted octanol–water partition coefficient (Wildman–Crippen LogP) is 1.63. The molecule has 5 rings (SSSR count). The Morgan fingerprint density at radius 1 is 1.41 bits per heavy atom. The average Bonchev–Trinajstić information content (AvgIpc) is 2.98. The Hall–Kier alpha value is -2.32. The molecule has 3 fully saturated rings. The number of carbonyl (C=O) groups is 1. The summed E-state index contributed by atoms with van der Waals surface area (Å²) < 4.78 is 5.48. The minimum absolute atomic E-state index is 0.140. The summed E-state index contributed by atoms with van der Waals surface area (Å²) in [6.45, 7) is 3.26. The summed E-state index contributed by atoms with van der Waals surface area (Å²) in [4.78, 5) is 19.1. The molecule has 112 valence electrons. The number of furan rings is 1. The van der Waals surface area contributed by atoms with Crippen molar-refractivity contribution in [3.05, 3.63) is 29.8 Å². The number of rotatable bonds is 2. The molecule has 0 spiro atoms. The Balaban J connectivity index is 1.54. The topological polar surface area (TPSA) is 58.4 Å². The SMILES string of the molecule is C#Cc1cc2cnc(C(=O)N[C@H]3CN4CCC3CC4)cc2o1. The monoisotopic (exact) mass is 295 g/mol. The lowest BCUT2D eigenvalue weighted by atomic mass is 9.84. The van der Waals surface area contributed by atoms with Crippen molar-refractivity contribution in [1.29, 1.82) is 0 Å². The minimum Gasteiger partial charge on any atom is -0.448 e. The molecule has 3 saturated heterocycles. The van der Waals surface area contributed by atoms with Crippen molar-refractivity contribution in [2.75, 3.05) is 19.6 Å². The fraction of sp³-hybridized carbons (Fsp3) is 0.412. The molecule has 22 heavy (non-hydrogen) atoms. The van der Waals surface area contributed by atoms with E-state index >= 15 is 0 Å². The molecule has 0 radical (unpaired) electrons. The van der Waals surface area contributed by atoms with E-state index in [9.17, 15) is 4.79 Å². The molecule has 5 nitrogen and oxygen atoms in total. The lowest BCUT2D eigenvalue weighted by molar-refractivity contribution is 0.0618. The quantitative estimate of drug-likeness (QED) is 0.856. The summed E-state index contributed by atoms with van der Waals surface area (Å²) >= 11 is 0. The van der Waals surface area contributed by atoms with Gasteiger partial charge < -0.3 is 14.6 Å². The first-order chi connectivity index (χ1) is 10.7. The van der Waals surface area contributed by atoms with Crippen molar-refractivity contribution >= 4 is 16.9 Å². The van der Waals surface area contributed by atoms with E-state index in [1.807, 2.05) is 0 Å². The number of terminal acetylenes is 1. The Morgan fingerprint density at radius 3 is 2.91 bits per heavy atom. The molecule has 1 atom stereocenters. The van der Waals surface area contributed by atoms with Crippen LogP contribution in [0, 0.1) is 18.3 Å². The normalized spacial score (nSPS) is 26.8. The van der Waals surface area contributed by atoms with Gasteiger partial charge in [0.15, 0.2) is 5.76 Å². The highest BCUT2D eigenvalue weighted by atomic mass is 16.3. The molecule has 5 heteroatoms. The van der Waals surface area contributed by atoms with Gasteiger partial charge in [-0.2, -0.15) is 0 Å². The largest absolute Gasteiger partial charge is 0.448 e. The molecule has 2 aromatic heterocycles. The molecule has 3 aliphatic heterocycles. The van der Waals surface area contributed by atoms with Crippen molar-refractivity contribution in [2.45, 2.75) is 18.9 Å². The van der Waals surface area contributed by atoms with Crippen LogP contribution in [-0.2, 0) is 0 Å². The van der Waals surface area contributed by atoms with Crippen molar-refractivity contribution < 1.29 is 9.21 Å². The van der Waals surface area contributed by atoms with Gasteiger partial charge in [-0.05, 0) is 37.8 Å². The highest BCUT2D eigenvalue weighted by Gasteiger charge is 2.35. The summed E-state index contributed by atoms with van der Waals surface area (Å²) in [5, 5.41) is 3.94. The van der Waals surface area contributed by atoms with Gasteiger partial charge in [-0.15, -0.1) is 6.42 Å². The van der Waals surface area contributed by atoms with E-state index in [1.165, 1.54) is 12.8 Å². The van der Waals surface area contributed by atoms with E-state index in [0.717, 1.165) is 25.0 Å². The first-order valence-corrected chi connectivity index (χ1v) is 7.62. The maximum Gasteiger partial charge on any atom is 0.270 e. The van der Waals surface area contributed by atoms with E-state index in [2.05, 4.69) is 21.1 Å². The third-order valence-corrected chi connectivity index (χ3v) is 4.75. The fourth-order valence-electron chi connectivity index (χ4n) is 3.50. The van der Waals surface area contributed by atoms with Gasteiger partial charge in [-0.3, -0.25) is 9.78 Å². The smallest absolute Gasteiger partial charge is 0.270 e. The highest BCUT2D eigenvalue weighted by molar-refractivity contribution is 5.95. The van der Waals surface area contributed by atoms with Crippen molar-refractivity contribution in [2.24, 2.45) is 5.92 Å². The molecular weight excluding hydrogens is 278 g/mol. The first kappa shape index (κ1) is 13.4. The molecule has 2 bridgehead atoms. The van der Waals surface area contributed by atoms with Gasteiger partial charge in [0.05, 0.1) is 0 Å². The number of aromatic nitrogens is 1. The summed E-state index contributed by atoms with van der Waals surface area (Å²) in [5.74, 6) is 3.35. The fourth-order valence-corrected chi connectivity index (χ4v) is 3.50. The Morgan fingerprint density at radius 2 is 2.23 bits per heavy atom. The molecule has 2 aromatic rings. The van der Waals surface area contributed by atoms with Gasteiger partial charge in [-0.1, -0.05) is 0 Å². The van der Waals surface area contributed by atoms with Crippen LogP contribution in [0.5, 0.6) is 0 Å². The van der Waals surface area contributed by atoms with Crippen LogP contribution < -0.4 is 5.32 Å². The van der Waals surface area contributed by atoms with Gasteiger partial charge in [0.1, 0.15) is 11.3 Å². The average molecular weight is 295 g/mol. The third-order valence-electron chi connectivity index (χ3n) is 4.75. The van der Waals surface area contributed by atoms with Gasteiger partial charge in [0, 0.05) is 36.3 Å². The van der Waals surface area contributed by atoms with Crippen LogP contribution in [0.2, 0.25) is 0 Å². The number of amides is 1. The van der Waals surface area contributed by atoms with Crippen LogP contribution in [-0.4, -0.2) is 41.5 Å². The number of nitrogens with one attached hydrogen (secondary N) is 1. The summed E-state index contributed by atoms with van der Waals surface area (Å²) in [6, 6.07) is 3.63. The highest BCUT2D eigenvalue weighted by Crippen LogP contribution is 2.27. The van der Waals surface area contributed by atoms with Crippen molar-refractivity contribution in [3.8, 4) is 12.3 Å². The first-order valence-electron chi connectivity index (χ1n) is 7.62. The lowest BCUT2D eigenvalue weighted by Gasteiger charge is -2.44. The third kappa shape index (κ3) is 2.26.